The molecule has 0 amide bonds. The average molecular weight is 459 g/mol. The fourth-order valence-corrected chi connectivity index (χ4v) is 3.97. The van der Waals surface area contributed by atoms with E-state index < -0.39 is 0 Å². The summed E-state index contributed by atoms with van der Waals surface area (Å²) in [6.45, 7) is 4.69. The molecule has 3 aromatic rings. The second kappa shape index (κ2) is 9.96. The first-order valence-electron chi connectivity index (χ1n) is 11.3. The number of nitrogens with zero attached hydrogens (tertiary/aromatic N) is 5. The van der Waals surface area contributed by atoms with Crippen LogP contribution in [0.1, 0.15) is 17.1 Å². The minimum Gasteiger partial charge on any atom is -0.484 e. The molecule has 0 atom stereocenters. The van der Waals surface area contributed by atoms with Crippen LogP contribution in [0.2, 0.25) is 0 Å². The Morgan fingerprint density at radius 2 is 2.06 bits per heavy atom. The monoisotopic (exact) mass is 458 g/mol. The lowest BCUT2D eigenvalue weighted by Gasteiger charge is -2.28. The first-order chi connectivity index (χ1) is 16.6. The number of anilines is 2. The summed E-state index contributed by atoms with van der Waals surface area (Å²) in [5.74, 6) is 2.50. The van der Waals surface area contributed by atoms with Crippen molar-refractivity contribution in [3.8, 4) is 5.75 Å². The van der Waals surface area contributed by atoms with Crippen LogP contribution in [0.4, 0.5) is 17.2 Å². The smallest absolute Gasteiger partial charge is 0.177 e. The third-order valence-corrected chi connectivity index (χ3v) is 5.57. The molecular formula is C25H26N6O3. The van der Waals surface area contributed by atoms with Gasteiger partial charge in [-0.2, -0.15) is 0 Å². The highest BCUT2D eigenvalue weighted by atomic mass is 16.5. The van der Waals surface area contributed by atoms with E-state index in [4.69, 9.17) is 24.4 Å². The van der Waals surface area contributed by atoms with Crippen LogP contribution in [0.15, 0.2) is 53.8 Å². The molecule has 0 spiro atoms. The number of ether oxygens (including phenoxy) is 2. The molecule has 0 saturated carbocycles. The van der Waals surface area contributed by atoms with Gasteiger partial charge in [0.1, 0.15) is 29.7 Å². The maximum atomic E-state index is 12.6. The number of carbonyl (C=O) groups is 1. The molecule has 0 bridgehead atoms. The van der Waals surface area contributed by atoms with Crippen molar-refractivity contribution in [3.63, 3.8) is 0 Å². The molecular weight excluding hydrogens is 432 g/mol. The lowest BCUT2D eigenvalue weighted by molar-refractivity contribution is -0.120. The fourth-order valence-electron chi connectivity index (χ4n) is 3.97. The average Bonchev–Trinajstić information content (AvgIpc) is 3.25. The standard InChI is InChI=1S/C25H26N6O3/c1-17-4-2-5-18(12-17)27-23-14-21-24(29-23)25(31-8-10-33-11-9-31)30-22(28-21)13-19(32)16-34-20-6-3-7-26-15-20/h2-7,12,15H,8-11,13-14,16H2,1H3,(H,27,29). The quantitative estimate of drug-likeness (QED) is 0.577. The third kappa shape index (κ3) is 5.20. The Hall–Kier alpha value is -3.85. The molecule has 1 N–H and O–H groups in total. The van der Waals surface area contributed by atoms with Crippen LogP contribution in [0.5, 0.6) is 5.75 Å². The minimum absolute atomic E-state index is 0.0598. The molecule has 34 heavy (non-hydrogen) atoms. The summed E-state index contributed by atoms with van der Waals surface area (Å²) in [4.78, 5) is 33.0. The predicted octanol–water partition coefficient (Wildman–Crippen LogP) is 2.91. The molecule has 2 aliphatic heterocycles. The number of Topliss-reactive ketones (excluding diaryl/α,β-unsaturated/α-hetero) is 1. The number of nitrogens with one attached hydrogen (secondary N) is 1. The number of benzene rings is 1. The Kier molecular flexibility index (Phi) is 6.44. The molecule has 9 nitrogen and oxygen atoms in total. The minimum atomic E-state index is -0.103. The Bertz CT molecular complexity index is 1210. The van der Waals surface area contributed by atoms with Gasteiger partial charge in [0.15, 0.2) is 11.6 Å². The van der Waals surface area contributed by atoms with Crippen molar-refractivity contribution < 1.29 is 14.3 Å². The van der Waals surface area contributed by atoms with Gasteiger partial charge in [-0.3, -0.25) is 9.78 Å². The highest BCUT2D eigenvalue weighted by Gasteiger charge is 2.27. The van der Waals surface area contributed by atoms with Gasteiger partial charge in [0, 0.05) is 25.0 Å². The third-order valence-electron chi connectivity index (χ3n) is 5.57. The van der Waals surface area contributed by atoms with E-state index in [9.17, 15) is 4.79 Å². The van der Waals surface area contributed by atoms with Crippen LogP contribution in [-0.2, 0) is 22.4 Å². The van der Waals surface area contributed by atoms with Gasteiger partial charge >= 0.3 is 0 Å². The molecule has 2 aliphatic rings. The SMILES string of the molecule is Cc1cccc(NC2=Nc3c(nc(CC(=O)COc4cccnc4)nc3N3CCOCC3)C2)c1. The molecule has 2 aromatic heterocycles. The molecule has 0 radical (unpaired) electrons. The lowest BCUT2D eigenvalue weighted by atomic mass is 10.2. The molecule has 9 heteroatoms. The molecule has 174 valence electrons. The van der Waals surface area contributed by atoms with E-state index >= 15 is 0 Å². The molecule has 5 rings (SSSR count). The molecule has 1 saturated heterocycles. The number of carbonyl (C=O) groups excluding carboxylic acids is 1. The fraction of sp³-hybridized carbons (Fsp3) is 0.320. The van der Waals surface area contributed by atoms with E-state index in [1.807, 2.05) is 12.1 Å². The largest absolute Gasteiger partial charge is 0.484 e. The summed E-state index contributed by atoms with van der Waals surface area (Å²) >= 11 is 0. The van der Waals surface area contributed by atoms with Crippen molar-refractivity contribution in [3.05, 3.63) is 65.9 Å². The topological polar surface area (TPSA) is 102 Å². The molecule has 1 fully saturated rings. The number of pyridine rings is 1. The Morgan fingerprint density at radius 1 is 1.18 bits per heavy atom. The van der Waals surface area contributed by atoms with Crippen LogP contribution >= 0.6 is 0 Å². The van der Waals surface area contributed by atoms with E-state index in [-0.39, 0.29) is 18.8 Å². The number of hydrogen-bond acceptors (Lipinski definition) is 9. The number of hydrogen-bond donors (Lipinski definition) is 1. The Labute approximate surface area is 197 Å². The summed E-state index contributed by atoms with van der Waals surface area (Å²) in [7, 11) is 0. The number of morpholine rings is 1. The summed E-state index contributed by atoms with van der Waals surface area (Å²) < 4.78 is 11.1. The number of aromatic nitrogens is 3. The van der Waals surface area contributed by atoms with Crippen LogP contribution in [0.3, 0.4) is 0 Å². The van der Waals surface area contributed by atoms with Crippen LogP contribution in [0, 0.1) is 6.92 Å². The maximum absolute atomic E-state index is 12.6. The zero-order valence-electron chi connectivity index (χ0n) is 19.0. The number of aliphatic imine (C=N–C) groups is 1. The lowest BCUT2D eigenvalue weighted by Crippen LogP contribution is -2.37. The van der Waals surface area contributed by atoms with E-state index in [2.05, 4.69) is 34.3 Å². The second-order valence-electron chi connectivity index (χ2n) is 8.28. The zero-order chi connectivity index (χ0) is 23.3. The van der Waals surface area contributed by atoms with Crippen molar-refractivity contribution >= 4 is 28.8 Å². The van der Waals surface area contributed by atoms with E-state index in [0.717, 1.165) is 41.8 Å². The number of ketones is 1. The number of aryl methyl sites for hydroxylation is 1. The van der Waals surface area contributed by atoms with Crippen molar-refractivity contribution in [2.45, 2.75) is 19.8 Å². The van der Waals surface area contributed by atoms with Crippen molar-refractivity contribution in [2.24, 2.45) is 4.99 Å². The highest BCUT2D eigenvalue weighted by Crippen LogP contribution is 2.35. The predicted molar refractivity (Wildman–Crippen MR) is 129 cm³/mol. The summed E-state index contributed by atoms with van der Waals surface area (Å²) in [5, 5.41) is 3.40. The Balaban J connectivity index is 1.35. The molecule has 1 aromatic carbocycles. The van der Waals surface area contributed by atoms with E-state index in [1.165, 1.54) is 5.56 Å². The molecule has 0 unspecified atom stereocenters. The van der Waals surface area contributed by atoms with Crippen LogP contribution < -0.4 is 15.0 Å². The highest BCUT2D eigenvalue weighted by molar-refractivity contribution is 6.03. The van der Waals surface area contributed by atoms with Gasteiger partial charge in [-0.25, -0.2) is 15.0 Å². The van der Waals surface area contributed by atoms with Gasteiger partial charge < -0.3 is 19.7 Å². The zero-order valence-corrected chi connectivity index (χ0v) is 19.0. The number of amidine groups is 1. The normalized spacial score (nSPS) is 15.0. The first-order valence-corrected chi connectivity index (χ1v) is 11.3. The first kappa shape index (κ1) is 22.0. The van der Waals surface area contributed by atoms with Crippen LogP contribution in [0.25, 0.3) is 0 Å². The summed E-state index contributed by atoms with van der Waals surface area (Å²) in [6.07, 6.45) is 3.88. The Morgan fingerprint density at radius 3 is 2.85 bits per heavy atom. The van der Waals surface area contributed by atoms with Gasteiger partial charge in [-0.15, -0.1) is 0 Å². The van der Waals surface area contributed by atoms with Gasteiger partial charge in [-0.1, -0.05) is 12.1 Å². The van der Waals surface area contributed by atoms with Gasteiger partial charge in [0.05, 0.1) is 37.9 Å². The van der Waals surface area contributed by atoms with Crippen molar-refractivity contribution in [2.75, 3.05) is 43.1 Å². The van der Waals surface area contributed by atoms with Crippen molar-refractivity contribution in [1.29, 1.82) is 0 Å². The van der Waals surface area contributed by atoms with Gasteiger partial charge in [0.25, 0.3) is 0 Å². The summed E-state index contributed by atoms with van der Waals surface area (Å²) in [5.41, 5.74) is 3.74. The number of rotatable bonds is 7. The van der Waals surface area contributed by atoms with Gasteiger partial charge in [0.2, 0.25) is 0 Å². The maximum Gasteiger partial charge on any atom is 0.177 e. The number of fused-ring (bicyclic) bond motifs is 1. The van der Waals surface area contributed by atoms with Crippen LogP contribution in [-0.4, -0.2) is 59.5 Å². The van der Waals surface area contributed by atoms with Gasteiger partial charge in [-0.05, 0) is 36.8 Å². The summed E-state index contributed by atoms with van der Waals surface area (Å²) in [6, 6.07) is 11.7. The van der Waals surface area contributed by atoms with E-state index in [1.54, 1.807) is 24.5 Å². The molecule has 4 heterocycles. The van der Waals surface area contributed by atoms with Crippen molar-refractivity contribution in [1.82, 2.24) is 15.0 Å². The second-order valence-corrected chi connectivity index (χ2v) is 8.28. The molecule has 0 aliphatic carbocycles. The van der Waals surface area contributed by atoms with E-state index in [0.29, 0.717) is 31.2 Å².